The minimum atomic E-state index is -3.29. The average Bonchev–Trinajstić information content (AvgIpc) is 3.34. The van der Waals surface area contributed by atoms with Crippen LogP contribution in [0.3, 0.4) is 0 Å². The smallest absolute Gasteiger partial charge is 0.227 e. The monoisotopic (exact) mass is 403 g/mol. The molecule has 6 heteroatoms. The molecule has 4 nitrogen and oxygen atoms in total. The highest BCUT2D eigenvalue weighted by molar-refractivity contribution is 7.89. The van der Waals surface area contributed by atoms with Crippen molar-refractivity contribution in [1.82, 2.24) is 0 Å². The number of anilines is 1. The van der Waals surface area contributed by atoms with E-state index in [4.69, 9.17) is 11.6 Å². The lowest BCUT2D eigenvalue weighted by Crippen LogP contribution is -2.43. The lowest BCUT2D eigenvalue weighted by atomic mass is 9.97. The lowest BCUT2D eigenvalue weighted by Gasteiger charge is -2.35. The van der Waals surface area contributed by atoms with Gasteiger partial charge in [0, 0.05) is 22.7 Å². The Bertz CT molecular complexity index is 995. The number of nitrogens with zero attached hydrogens (tertiary/aromatic N) is 1. The van der Waals surface area contributed by atoms with Crippen molar-refractivity contribution in [2.75, 3.05) is 4.90 Å². The van der Waals surface area contributed by atoms with Crippen LogP contribution in [0.2, 0.25) is 5.02 Å². The fourth-order valence-corrected chi connectivity index (χ4v) is 5.39. The van der Waals surface area contributed by atoms with E-state index in [0.717, 1.165) is 35.2 Å². The Kier molecular flexibility index (Phi) is 4.55. The molecule has 27 heavy (non-hydrogen) atoms. The Morgan fingerprint density at radius 3 is 2.30 bits per heavy atom. The molecule has 2 aromatic carbocycles. The zero-order valence-corrected chi connectivity index (χ0v) is 16.8. The molecule has 1 aliphatic carbocycles. The van der Waals surface area contributed by atoms with Crippen LogP contribution in [0.4, 0.5) is 5.69 Å². The van der Waals surface area contributed by atoms with Gasteiger partial charge in [-0.15, -0.1) is 0 Å². The van der Waals surface area contributed by atoms with Gasteiger partial charge in [-0.2, -0.15) is 0 Å². The van der Waals surface area contributed by atoms with Gasteiger partial charge in [0.1, 0.15) is 0 Å². The van der Waals surface area contributed by atoms with Crippen LogP contribution in [0.5, 0.6) is 0 Å². The van der Waals surface area contributed by atoms with Gasteiger partial charge in [-0.3, -0.25) is 4.79 Å². The van der Waals surface area contributed by atoms with Crippen LogP contribution in [-0.4, -0.2) is 19.9 Å². The van der Waals surface area contributed by atoms with Crippen LogP contribution < -0.4 is 4.90 Å². The van der Waals surface area contributed by atoms with Crippen LogP contribution in [0.25, 0.3) is 0 Å². The van der Waals surface area contributed by atoms with Crippen LogP contribution in [0, 0.1) is 0 Å². The first-order valence-electron chi connectivity index (χ1n) is 9.16. The van der Waals surface area contributed by atoms with Crippen molar-refractivity contribution >= 4 is 33.0 Å². The number of rotatable bonds is 5. The van der Waals surface area contributed by atoms with Gasteiger partial charge in [0.25, 0.3) is 0 Å². The van der Waals surface area contributed by atoms with Crippen LogP contribution in [0.15, 0.2) is 42.5 Å². The number of hydrogen-bond acceptors (Lipinski definition) is 3. The average molecular weight is 404 g/mol. The van der Waals surface area contributed by atoms with E-state index in [9.17, 15) is 13.2 Å². The largest absolute Gasteiger partial charge is 0.306 e. The lowest BCUT2D eigenvalue weighted by molar-refractivity contribution is -0.119. The third-order valence-electron chi connectivity index (χ3n) is 5.44. The first kappa shape index (κ1) is 18.5. The standard InChI is InChI=1S/C21H22ClNO3S/c1-21(10-11-21)23-19-8-4-16(12-17(19)5-9-20(23)24)14-27(25,26)13-15-2-6-18(22)7-3-15/h2-4,6-8,12H,5,9-11,13-14H2,1H3. The maximum atomic E-state index is 12.6. The molecule has 0 spiro atoms. The van der Waals surface area contributed by atoms with Crippen LogP contribution >= 0.6 is 11.6 Å². The van der Waals surface area contributed by atoms with Gasteiger partial charge in [0.05, 0.1) is 11.5 Å². The summed E-state index contributed by atoms with van der Waals surface area (Å²) in [6, 6.07) is 12.6. The van der Waals surface area contributed by atoms with E-state index < -0.39 is 9.84 Å². The molecule has 0 bridgehead atoms. The SMILES string of the molecule is CC1(N2C(=O)CCc3cc(CS(=O)(=O)Cc4ccc(Cl)cc4)ccc32)CC1. The second-order valence-corrected chi connectivity index (χ2v) is 10.3. The van der Waals surface area contributed by atoms with Gasteiger partial charge >= 0.3 is 0 Å². The second-order valence-electron chi connectivity index (χ2n) is 7.85. The van der Waals surface area contributed by atoms with Crippen molar-refractivity contribution in [3.05, 3.63) is 64.2 Å². The van der Waals surface area contributed by atoms with E-state index in [-0.39, 0.29) is 23.0 Å². The van der Waals surface area contributed by atoms with Gasteiger partial charge in [0.15, 0.2) is 9.84 Å². The van der Waals surface area contributed by atoms with Gasteiger partial charge in [0.2, 0.25) is 5.91 Å². The first-order chi connectivity index (χ1) is 12.8. The highest BCUT2D eigenvalue weighted by Crippen LogP contribution is 2.46. The normalized spacial score (nSPS) is 18.3. The van der Waals surface area contributed by atoms with E-state index in [1.165, 1.54) is 0 Å². The fraction of sp³-hybridized carbons (Fsp3) is 0.381. The van der Waals surface area contributed by atoms with Gasteiger partial charge < -0.3 is 4.90 Å². The summed E-state index contributed by atoms with van der Waals surface area (Å²) in [7, 11) is -3.29. The highest BCUT2D eigenvalue weighted by atomic mass is 35.5. The Labute approximate surface area is 165 Å². The summed E-state index contributed by atoms with van der Waals surface area (Å²) in [6.45, 7) is 2.12. The van der Waals surface area contributed by atoms with Crippen LogP contribution in [0.1, 0.15) is 42.9 Å². The molecule has 0 N–H and O–H groups in total. The molecular weight excluding hydrogens is 382 g/mol. The third-order valence-corrected chi connectivity index (χ3v) is 7.24. The molecule has 0 saturated heterocycles. The number of carbonyl (C=O) groups excluding carboxylic acids is 1. The predicted octanol–water partition coefficient (Wildman–Crippen LogP) is 4.29. The predicted molar refractivity (Wildman–Crippen MR) is 108 cm³/mol. The van der Waals surface area contributed by atoms with Gasteiger partial charge in [-0.25, -0.2) is 8.42 Å². The van der Waals surface area contributed by atoms with Crippen LogP contribution in [-0.2, 0) is 32.6 Å². The van der Waals surface area contributed by atoms with Crippen molar-refractivity contribution in [2.45, 2.75) is 49.7 Å². The minimum Gasteiger partial charge on any atom is -0.306 e. The fourth-order valence-electron chi connectivity index (χ4n) is 3.77. The van der Waals surface area contributed by atoms with Gasteiger partial charge in [-0.05, 0) is 61.1 Å². The number of halogens is 1. The summed E-state index contributed by atoms with van der Waals surface area (Å²) >= 11 is 5.86. The Hall–Kier alpha value is -1.85. The summed E-state index contributed by atoms with van der Waals surface area (Å²) in [4.78, 5) is 14.3. The molecular formula is C21H22ClNO3S. The molecule has 1 heterocycles. The van der Waals surface area contributed by atoms with Crippen molar-refractivity contribution < 1.29 is 13.2 Å². The molecule has 0 unspecified atom stereocenters. The molecule has 0 radical (unpaired) electrons. The second kappa shape index (κ2) is 6.64. The molecule has 0 atom stereocenters. The molecule has 1 saturated carbocycles. The summed E-state index contributed by atoms with van der Waals surface area (Å²) in [5, 5.41) is 0.592. The maximum Gasteiger partial charge on any atom is 0.227 e. The Morgan fingerprint density at radius 2 is 1.63 bits per heavy atom. The minimum absolute atomic E-state index is 0.00583. The van der Waals surface area contributed by atoms with E-state index >= 15 is 0 Å². The van der Waals surface area contributed by atoms with E-state index in [1.54, 1.807) is 24.3 Å². The van der Waals surface area contributed by atoms with E-state index in [0.29, 0.717) is 17.9 Å². The number of amides is 1. The molecule has 1 aliphatic heterocycles. The molecule has 1 fully saturated rings. The third kappa shape index (κ3) is 3.90. The van der Waals surface area contributed by atoms with Gasteiger partial charge in [-0.1, -0.05) is 35.9 Å². The Balaban J connectivity index is 1.55. The number of hydrogen-bond donors (Lipinski definition) is 0. The summed E-state index contributed by atoms with van der Waals surface area (Å²) < 4.78 is 25.2. The highest BCUT2D eigenvalue weighted by Gasteiger charge is 2.47. The van der Waals surface area contributed by atoms with Crippen molar-refractivity contribution in [3.8, 4) is 0 Å². The number of carbonyl (C=O) groups is 1. The number of aryl methyl sites for hydroxylation is 1. The molecule has 2 aliphatic rings. The quantitative estimate of drug-likeness (QED) is 0.748. The molecule has 1 amide bonds. The zero-order valence-electron chi connectivity index (χ0n) is 15.2. The number of sulfone groups is 1. The van der Waals surface area contributed by atoms with Crippen molar-refractivity contribution in [1.29, 1.82) is 0 Å². The van der Waals surface area contributed by atoms with E-state index in [1.807, 2.05) is 23.1 Å². The van der Waals surface area contributed by atoms with Crippen molar-refractivity contribution in [3.63, 3.8) is 0 Å². The van der Waals surface area contributed by atoms with E-state index in [2.05, 4.69) is 6.92 Å². The summed E-state index contributed by atoms with van der Waals surface area (Å²) in [6.07, 6.45) is 3.21. The Morgan fingerprint density at radius 1 is 1.00 bits per heavy atom. The molecule has 4 rings (SSSR count). The topological polar surface area (TPSA) is 54.5 Å². The molecule has 142 valence electrons. The van der Waals surface area contributed by atoms with Crippen molar-refractivity contribution in [2.24, 2.45) is 0 Å². The summed E-state index contributed by atoms with van der Waals surface area (Å²) in [5.41, 5.74) is 3.47. The first-order valence-corrected chi connectivity index (χ1v) is 11.4. The zero-order chi connectivity index (χ0) is 19.2. The maximum absolute atomic E-state index is 12.6. The molecule has 2 aromatic rings. The summed E-state index contributed by atoms with van der Waals surface area (Å²) in [5.74, 6) is 0.156. The molecule has 0 aromatic heterocycles. The number of benzene rings is 2. The number of fused-ring (bicyclic) bond motifs is 1.